The Labute approximate surface area is 534 Å². The summed E-state index contributed by atoms with van der Waals surface area (Å²) in [5.41, 5.74) is 0. The van der Waals surface area contributed by atoms with Gasteiger partial charge in [-0.25, -0.2) is 0 Å². The van der Waals surface area contributed by atoms with E-state index in [2.05, 4.69) is 47.4 Å². The summed E-state index contributed by atoms with van der Waals surface area (Å²) in [4.78, 5) is 116. The zero-order valence-electron chi connectivity index (χ0n) is 55.3. The van der Waals surface area contributed by atoms with E-state index in [1.807, 2.05) is 0 Å². The van der Waals surface area contributed by atoms with Gasteiger partial charge in [0, 0.05) is 25.0 Å². The monoisotopic (exact) mass is 1270 g/mol. The van der Waals surface area contributed by atoms with Gasteiger partial charge in [-0.2, -0.15) is 0 Å². The molecule has 5 amide bonds. The number of carboxylic acids is 2. The minimum atomic E-state index is -1.85. The molecule has 0 aromatic rings. The standard InChI is InChI=1S/C67H123N5O15S/c1-6-9-12-15-18-21-24-27-30-33-36-39-42-45-58(75)69-57(65(83)72-56(50-74)64(82)71-55(49-73)63(81)70-54(48-59(76)77)62(80)68-53(4)66(84)85)51-88-67(5,87-61(79)47-44-41-38-35-32-29-26-23-20-17-14-11-8-3)52-86-60(78)46-43-40-37-34-31-28-25-22-19-16-13-10-7-2/h53-57,73-74H,6-52H2,1-5H3,(H,68,80)(H,69,75)(H,70,81)(H,71,82)(H,72,83)(H,76,77)(H,84,85)/t53-,54-,55-,56-,57-,67+/m0/s1. The first-order valence-electron chi connectivity index (χ1n) is 34.5. The van der Waals surface area contributed by atoms with Crippen molar-refractivity contribution in [1.82, 2.24) is 26.6 Å². The lowest BCUT2D eigenvalue weighted by Gasteiger charge is -2.30. The number of amides is 5. The van der Waals surface area contributed by atoms with Gasteiger partial charge in [-0.15, -0.1) is 11.8 Å². The van der Waals surface area contributed by atoms with Crippen molar-refractivity contribution in [2.45, 2.75) is 346 Å². The third-order valence-electron chi connectivity index (χ3n) is 15.9. The summed E-state index contributed by atoms with van der Waals surface area (Å²) in [6.07, 6.45) is 43.4. The summed E-state index contributed by atoms with van der Waals surface area (Å²) in [6.45, 7) is 6.86. The molecule has 0 saturated carbocycles. The molecule has 88 heavy (non-hydrogen) atoms. The molecular formula is C67H123N5O15S. The number of hydrogen-bond acceptors (Lipinski definition) is 14. The molecule has 0 aromatic carbocycles. The Hall–Kier alpha value is -4.50. The van der Waals surface area contributed by atoms with Crippen molar-refractivity contribution in [2.75, 3.05) is 25.6 Å². The number of rotatable bonds is 62. The molecule has 0 fully saturated rings. The zero-order chi connectivity index (χ0) is 65.5. The van der Waals surface area contributed by atoms with Gasteiger partial charge < -0.3 is 56.5 Å². The Morgan fingerprint density at radius 3 is 1.05 bits per heavy atom. The lowest BCUT2D eigenvalue weighted by molar-refractivity contribution is -0.161. The highest BCUT2D eigenvalue weighted by molar-refractivity contribution is 8.00. The second-order valence-electron chi connectivity index (χ2n) is 24.4. The predicted octanol–water partition coefficient (Wildman–Crippen LogP) is 12.0. The Balaban J connectivity index is 6.22. The predicted molar refractivity (Wildman–Crippen MR) is 348 cm³/mol. The van der Waals surface area contributed by atoms with Gasteiger partial charge in [-0.1, -0.05) is 252 Å². The van der Waals surface area contributed by atoms with Gasteiger partial charge in [-0.05, 0) is 33.1 Å². The number of aliphatic hydroxyl groups is 2. The molecule has 0 radical (unpaired) electrons. The van der Waals surface area contributed by atoms with Crippen LogP contribution < -0.4 is 26.6 Å². The second kappa shape index (κ2) is 56.5. The molecule has 0 aliphatic carbocycles. The van der Waals surface area contributed by atoms with E-state index < -0.39 is 108 Å². The molecule has 21 heteroatoms. The summed E-state index contributed by atoms with van der Waals surface area (Å²) in [6, 6.07) is -8.34. The quantitative estimate of drug-likeness (QED) is 0.0155. The highest BCUT2D eigenvalue weighted by atomic mass is 32.2. The van der Waals surface area contributed by atoms with Gasteiger partial charge in [0.05, 0.1) is 19.6 Å². The fraction of sp³-hybridized carbons (Fsp3) is 0.866. The molecule has 6 atom stereocenters. The van der Waals surface area contributed by atoms with Crippen LogP contribution in [0.15, 0.2) is 0 Å². The fourth-order valence-corrected chi connectivity index (χ4v) is 11.3. The van der Waals surface area contributed by atoms with Crippen LogP contribution in [-0.4, -0.2) is 135 Å². The average Bonchev–Trinajstić information content (AvgIpc) is 3.58. The number of esters is 2. The lowest BCUT2D eigenvalue weighted by Crippen LogP contribution is -2.60. The Morgan fingerprint density at radius 2 is 0.705 bits per heavy atom. The molecule has 0 bridgehead atoms. The van der Waals surface area contributed by atoms with E-state index >= 15 is 0 Å². The van der Waals surface area contributed by atoms with Crippen LogP contribution in [0.3, 0.4) is 0 Å². The highest BCUT2D eigenvalue weighted by Gasteiger charge is 2.36. The van der Waals surface area contributed by atoms with E-state index in [1.54, 1.807) is 6.92 Å². The van der Waals surface area contributed by atoms with Crippen LogP contribution in [0.2, 0.25) is 0 Å². The lowest BCUT2D eigenvalue weighted by atomic mass is 10.0. The number of ether oxygens (including phenoxy) is 2. The van der Waals surface area contributed by atoms with Crippen LogP contribution in [0, 0.1) is 0 Å². The summed E-state index contributed by atoms with van der Waals surface area (Å²) in [7, 11) is 0. The molecule has 0 unspecified atom stereocenters. The summed E-state index contributed by atoms with van der Waals surface area (Å²) in [5, 5.41) is 50.6. The Morgan fingerprint density at radius 1 is 0.398 bits per heavy atom. The second-order valence-corrected chi connectivity index (χ2v) is 25.9. The number of thioether (sulfide) groups is 1. The van der Waals surface area contributed by atoms with Crippen molar-refractivity contribution in [3.8, 4) is 0 Å². The SMILES string of the molecule is CCCCCCCCCCCCCCCC(=O)N[C@@H](CS[C@](C)(COC(=O)CCCCCCCCCCCCCCC)OC(=O)CCCCCCCCCCCCCCC)C(=O)N[C@@H](CO)C(=O)N[C@@H](CO)C(=O)N[C@@H](CC(=O)O)C(=O)N[C@@H](C)C(=O)O. The van der Waals surface area contributed by atoms with Crippen molar-refractivity contribution >= 4 is 65.2 Å². The maximum absolute atomic E-state index is 14.3. The number of carboxylic acid groups (broad SMARTS) is 2. The first kappa shape index (κ1) is 83.5. The molecule has 0 aromatic heterocycles. The van der Waals surface area contributed by atoms with Gasteiger partial charge in [0.15, 0.2) is 4.93 Å². The number of aliphatic hydroxyl groups excluding tert-OH is 2. The first-order chi connectivity index (χ1) is 42.4. The van der Waals surface area contributed by atoms with Crippen LogP contribution >= 0.6 is 11.8 Å². The maximum Gasteiger partial charge on any atom is 0.325 e. The molecule has 9 N–H and O–H groups in total. The zero-order valence-corrected chi connectivity index (χ0v) is 56.1. The van der Waals surface area contributed by atoms with Crippen LogP contribution in [0.5, 0.6) is 0 Å². The van der Waals surface area contributed by atoms with Crippen molar-refractivity contribution in [3.63, 3.8) is 0 Å². The molecule has 0 heterocycles. The first-order valence-corrected chi connectivity index (χ1v) is 35.5. The average molecular weight is 1270 g/mol. The largest absolute Gasteiger partial charge is 0.481 e. The van der Waals surface area contributed by atoms with E-state index in [-0.39, 0.29) is 31.6 Å². The van der Waals surface area contributed by atoms with E-state index in [0.717, 1.165) is 102 Å². The number of hydrogen-bond donors (Lipinski definition) is 9. The van der Waals surface area contributed by atoms with Crippen molar-refractivity contribution in [1.29, 1.82) is 0 Å². The number of aliphatic carboxylic acids is 2. The molecule has 0 rings (SSSR count). The van der Waals surface area contributed by atoms with Crippen LogP contribution in [0.4, 0.5) is 0 Å². The van der Waals surface area contributed by atoms with Gasteiger partial charge in [0.1, 0.15) is 36.8 Å². The summed E-state index contributed by atoms with van der Waals surface area (Å²) in [5.74, 6) is -9.25. The highest BCUT2D eigenvalue weighted by Crippen LogP contribution is 2.30. The molecule has 0 aliphatic rings. The van der Waals surface area contributed by atoms with E-state index in [9.17, 15) is 63.6 Å². The normalized spacial score (nSPS) is 13.7. The van der Waals surface area contributed by atoms with E-state index in [1.165, 1.54) is 148 Å². The van der Waals surface area contributed by atoms with Gasteiger partial charge in [-0.3, -0.25) is 43.2 Å². The van der Waals surface area contributed by atoms with Crippen LogP contribution in [-0.2, 0) is 52.6 Å². The molecular weight excluding hydrogens is 1150 g/mol. The minimum Gasteiger partial charge on any atom is -0.481 e. The third kappa shape index (κ3) is 47.5. The molecule has 0 spiro atoms. The third-order valence-corrected chi connectivity index (χ3v) is 17.2. The fourth-order valence-electron chi connectivity index (χ4n) is 10.2. The Bertz CT molecular complexity index is 1880. The number of carbonyl (C=O) groups is 9. The molecule has 0 aliphatic heterocycles. The van der Waals surface area contributed by atoms with Crippen LogP contribution in [0.25, 0.3) is 0 Å². The van der Waals surface area contributed by atoms with Crippen molar-refractivity contribution < 1.29 is 73.1 Å². The van der Waals surface area contributed by atoms with Crippen molar-refractivity contribution in [3.05, 3.63) is 0 Å². The van der Waals surface area contributed by atoms with Gasteiger partial charge >= 0.3 is 23.9 Å². The van der Waals surface area contributed by atoms with E-state index in [0.29, 0.717) is 19.3 Å². The minimum absolute atomic E-state index is 0.0711. The maximum atomic E-state index is 14.3. The van der Waals surface area contributed by atoms with Gasteiger partial charge in [0.2, 0.25) is 29.5 Å². The molecule has 512 valence electrons. The smallest absolute Gasteiger partial charge is 0.325 e. The Kier molecular flexibility index (Phi) is 53.6. The number of carbonyl (C=O) groups excluding carboxylic acids is 7. The molecule has 0 saturated heterocycles. The summed E-state index contributed by atoms with van der Waals surface area (Å²) < 4.78 is 11.8. The topological polar surface area (TPSA) is 313 Å². The van der Waals surface area contributed by atoms with Crippen molar-refractivity contribution in [2.24, 2.45) is 0 Å². The van der Waals surface area contributed by atoms with E-state index in [4.69, 9.17) is 9.47 Å². The van der Waals surface area contributed by atoms with Gasteiger partial charge in [0.25, 0.3) is 0 Å². The number of nitrogens with one attached hydrogen (secondary N) is 5. The number of unbranched alkanes of at least 4 members (excludes halogenated alkanes) is 36. The van der Waals surface area contributed by atoms with Crippen LogP contribution in [0.1, 0.15) is 311 Å². The molecule has 20 nitrogen and oxygen atoms in total. The summed E-state index contributed by atoms with van der Waals surface area (Å²) >= 11 is 0.956.